The lowest BCUT2D eigenvalue weighted by Gasteiger charge is -2.27. The zero-order valence-corrected chi connectivity index (χ0v) is 16.9. The Morgan fingerprint density at radius 1 is 1.16 bits per heavy atom. The Balaban J connectivity index is 2.47. The number of rotatable bonds is 8. The first kappa shape index (κ1) is 20.4. The number of benzene rings is 1. The second-order valence-corrected chi connectivity index (χ2v) is 9.70. The number of halogens is 1. The number of carbonyl (C=O) groups excluding carboxylic acids is 1. The summed E-state index contributed by atoms with van der Waals surface area (Å²) in [5, 5.41) is 0. The summed E-state index contributed by atoms with van der Waals surface area (Å²) in [4.78, 5) is 12.5. The summed E-state index contributed by atoms with van der Waals surface area (Å²) in [5.74, 6) is -1.75. The van der Waals surface area contributed by atoms with E-state index in [0.717, 1.165) is 5.56 Å². The summed E-state index contributed by atoms with van der Waals surface area (Å²) in [6, 6.07) is 9.29. The molecule has 0 aromatic heterocycles. The molecule has 140 valence electrons. The second kappa shape index (κ2) is 7.79. The molecule has 0 N–H and O–H groups in total. The van der Waals surface area contributed by atoms with Crippen molar-refractivity contribution in [2.24, 2.45) is 5.92 Å². The summed E-state index contributed by atoms with van der Waals surface area (Å²) in [7, 11) is -3.80. The average Bonchev–Trinajstić information content (AvgIpc) is 3.15. The lowest BCUT2D eigenvalue weighted by atomic mass is 10.1. The van der Waals surface area contributed by atoms with Crippen LogP contribution < -0.4 is 0 Å². The van der Waals surface area contributed by atoms with Crippen molar-refractivity contribution < 1.29 is 23.1 Å². The Hall–Kier alpha value is -0.870. The van der Waals surface area contributed by atoms with Crippen molar-refractivity contribution in [3.8, 4) is 0 Å². The summed E-state index contributed by atoms with van der Waals surface area (Å²) in [6.45, 7) is 8.99. The molecule has 25 heavy (non-hydrogen) atoms. The van der Waals surface area contributed by atoms with E-state index in [4.69, 9.17) is 25.4 Å². The number of carbonyl (C=O) groups is 1. The molecule has 0 amide bonds. The SMILES string of the molecule is CCOC(=O)[C@@H]1[C@@H](c2ccccc2)[C@]1(Cl)P(=O)(OC(C)C)OC(C)C. The number of hydrogen-bond donors (Lipinski definition) is 0. The fraction of sp³-hybridized carbons (Fsp3) is 0.611. The molecule has 3 atom stereocenters. The van der Waals surface area contributed by atoms with Gasteiger partial charge in [-0.05, 0) is 40.2 Å². The van der Waals surface area contributed by atoms with Crippen molar-refractivity contribution >= 4 is 25.2 Å². The smallest absolute Gasteiger partial charge is 0.353 e. The molecular weight excluding hydrogens is 363 g/mol. The highest BCUT2D eigenvalue weighted by molar-refractivity contribution is 7.58. The highest BCUT2D eigenvalue weighted by atomic mass is 35.5. The van der Waals surface area contributed by atoms with Gasteiger partial charge in [0, 0.05) is 5.92 Å². The van der Waals surface area contributed by atoms with Crippen molar-refractivity contribution in [1.29, 1.82) is 0 Å². The molecule has 0 unspecified atom stereocenters. The van der Waals surface area contributed by atoms with E-state index in [9.17, 15) is 9.36 Å². The largest absolute Gasteiger partial charge is 0.466 e. The molecule has 7 heteroatoms. The number of esters is 1. The lowest BCUT2D eigenvalue weighted by Crippen LogP contribution is -2.20. The van der Waals surface area contributed by atoms with E-state index >= 15 is 0 Å². The lowest BCUT2D eigenvalue weighted by molar-refractivity contribution is -0.144. The van der Waals surface area contributed by atoms with E-state index in [0.29, 0.717) is 0 Å². The van der Waals surface area contributed by atoms with Crippen LogP contribution in [-0.2, 0) is 23.1 Å². The molecule has 1 aliphatic rings. The van der Waals surface area contributed by atoms with Crippen molar-refractivity contribution in [3.05, 3.63) is 35.9 Å². The van der Waals surface area contributed by atoms with Crippen LogP contribution in [0.3, 0.4) is 0 Å². The Labute approximate surface area is 154 Å². The van der Waals surface area contributed by atoms with Gasteiger partial charge in [0.2, 0.25) is 0 Å². The van der Waals surface area contributed by atoms with Crippen LogP contribution in [0.4, 0.5) is 0 Å². The highest BCUT2D eigenvalue weighted by Gasteiger charge is 2.79. The molecule has 0 aliphatic heterocycles. The molecule has 5 nitrogen and oxygen atoms in total. The first-order valence-corrected chi connectivity index (χ1v) is 10.5. The van der Waals surface area contributed by atoms with Gasteiger partial charge in [-0.15, -0.1) is 11.6 Å². The van der Waals surface area contributed by atoms with Crippen LogP contribution in [0.25, 0.3) is 0 Å². The van der Waals surface area contributed by atoms with E-state index in [2.05, 4.69) is 0 Å². The highest BCUT2D eigenvalue weighted by Crippen LogP contribution is 2.82. The monoisotopic (exact) mass is 388 g/mol. The predicted molar refractivity (Wildman–Crippen MR) is 97.9 cm³/mol. The third kappa shape index (κ3) is 3.95. The maximum atomic E-state index is 13.6. The van der Waals surface area contributed by atoms with Gasteiger partial charge >= 0.3 is 13.6 Å². The Bertz CT molecular complexity index is 634. The normalized spacial score (nSPS) is 26.1. The van der Waals surface area contributed by atoms with Crippen LogP contribution in [0.2, 0.25) is 0 Å². The minimum absolute atomic E-state index is 0.226. The number of alkyl halides is 1. The predicted octanol–water partition coefficient (Wildman–Crippen LogP) is 4.94. The standard InChI is InChI=1S/C18H26ClO5P/c1-6-22-17(20)16-15(14-10-8-7-9-11-14)18(16,19)25(21,23-12(2)3)24-13(4)5/h7-13,15-16H,6H2,1-5H3/t15-,16+,18+/m1/s1. The third-order valence-electron chi connectivity index (χ3n) is 3.91. The van der Waals surface area contributed by atoms with Crippen molar-refractivity contribution in [2.75, 3.05) is 6.61 Å². The van der Waals surface area contributed by atoms with Crippen molar-refractivity contribution in [2.45, 2.75) is 57.4 Å². The molecule has 1 aromatic carbocycles. The topological polar surface area (TPSA) is 61.8 Å². The van der Waals surface area contributed by atoms with Crippen LogP contribution in [0.1, 0.15) is 46.1 Å². The number of ether oxygens (including phenoxy) is 1. The van der Waals surface area contributed by atoms with E-state index in [1.54, 1.807) is 34.6 Å². The molecule has 1 saturated carbocycles. The fourth-order valence-electron chi connectivity index (χ4n) is 3.05. The van der Waals surface area contributed by atoms with Gasteiger partial charge in [-0.1, -0.05) is 30.3 Å². The van der Waals surface area contributed by atoms with Crippen LogP contribution in [0.5, 0.6) is 0 Å². The molecular formula is C18H26ClO5P. The van der Waals surface area contributed by atoms with Gasteiger partial charge in [0.1, 0.15) is 0 Å². The summed E-state index contributed by atoms with van der Waals surface area (Å²) < 4.78 is 28.7. The van der Waals surface area contributed by atoms with Gasteiger partial charge < -0.3 is 13.8 Å². The van der Waals surface area contributed by atoms with E-state index in [1.807, 2.05) is 30.3 Å². The van der Waals surface area contributed by atoms with Crippen LogP contribution in [0, 0.1) is 5.92 Å². The summed E-state index contributed by atoms with van der Waals surface area (Å²) >= 11 is 6.82. The van der Waals surface area contributed by atoms with E-state index in [-0.39, 0.29) is 18.8 Å². The van der Waals surface area contributed by atoms with Crippen LogP contribution >= 0.6 is 19.2 Å². The molecule has 0 spiro atoms. The minimum atomic E-state index is -3.80. The maximum absolute atomic E-state index is 13.6. The van der Waals surface area contributed by atoms with Crippen LogP contribution in [-0.4, -0.2) is 29.4 Å². The van der Waals surface area contributed by atoms with Gasteiger partial charge in [0.05, 0.1) is 24.7 Å². The quantitative estimate of drug-likeness (QED) is 0.358. The van der Waals surface area contributed by atoms with Gasteiger partial charge in [0.15, 0.2) is 4.62 Å². The third-order valence-corrected chi connectivity index (χ3v) is 7.80. The fourth-order valence-corrected chi connectivity index (χ4v) is 6.33. The molecule has 1 aromatic rings. The van der Waals surface area contributed by atoms with E-state index in [1.165, 1.54) is 0 Å². The molecule has 1 fully saturated rings. The van der Waals surface area contributed by atoms with Gasteiger partial charge in [-0.2, -0.15) is 0 Å². The zero-order valence-electron chi connectivity index (χ0n) is 15.3. The van der Waals surface area contributed by atoms with E-state index < -0.39 is 30.0 Å². The summed E-state index contributed by atoms with van der Waals surface area (Å²) in [6.07, 6.45) is -0.722. The molecule has 0 saturated heterocycles. The molecule has 2 rings (SSSR count). The van der Waals surface area contributed by atoms with Crippen molar-refractivity contribution in [3.63, 3.8) is 0 Å². The average molecular weight is 389 g/mol. The molecule has 0 heterocycles. The minimum Gasteiger partial charge on any atom is -0.466 e. The first-order valence-electron chi connectivity index (χ1n) is 8.54. The second-order valence-electron chi connectivity index (χ2n) is 6.65. The molecule has 1 aliphatic carbocycles. The molecule has 0 bridgehead atoms. The zero-order chi connectivity index (χ0) is 18.8. The first-order chi connectivity index (χ1) is 11.7. The van der Waals surface area contributed by atoms with Gasteiger partial charge in [-0.25, -0.2) is 0 Å². The Morgan fingerprint density at radius 2 is 1.68 bits per heavy atom. The maximum Gasteiger partial charge on any atom is 0.353 e. The van der Waals surface area contributed by atoms with Gasteiger partial charge in [-0.3, -0.25) is 9.36 Å². The molecule has 0 radical (unpaired) electrons. The summed E-state index contributed by atoms with van der Waals surface area (Å²) in [5.41, 5.74) is 0.815. The Morgan fingerprint density at radius 3 is 2.12 bits per heavy atom. The number of hydrogen-bond acceptors (Lipinski definition) is 5. The van der Waals surface area contributed by atoms with Gasteiger partial charge in [0.25, 0.3) is 0 Å². The van der Waals surface area contributed by atoms with Crippen molar-refractivity contribution in [1.82, 2.24) is 0 Å². The van der Waals surface area contributed by atoms with Crippen LogP contribution in [0.15, 0.2) is 30.3 Å². The Kier molecular flexibility index (Phi) is 6.37.